The molecule has 0 radical (unpaired) electrons. The Labute approximate surface area is 146 Å². The third-order valence-corrected chi connectivity index (χ3v) is 4.39. The van der Waals surface area contributed by atoms with E-state index in [4.69, 9.17) is 0 Å². The first kappa shape index (κ1) is 18.8. The van der Waals surface area contributed by atoms with Gasteiger partial charge < -0.3 is 5.32 Å². The van der Waals surface area contributed by atoms with Crippen LogP contribution in [0.5, 0.6) is 0 Å². The van der Waals surface area contributed by atoms with E-state index in [0.717, 1.165) is 16.5 Å². The van der Waals surface area contributed by atoms with E-state index in [9.17, 15) is 17.6 Å². The maximum absolute atomic E-state index is 13.6. The van der Waals surface area contributed by atoms with Crippen LogP contribution in [0.1, 0.15) is 17.5 Å². The highest BCUT2D eigenvalue weighted by Gasteiger charge is 2.09. The van der Waals surface area contributed by atoms with Crippen LogP contribution in [0.2, 0.25) is 0 Å². The Morgan fingerprint density at radius 3 is 2.56 bits per heavy atom. The van der Waals surface area contributed by atoms with Gasteiger partial charge in [0.15, 0.2) is 0 Å². The molecule has 0 atom stereocenters. The number of benzene rings is 2. The van der Waals surface area contributed by atoms with E-state index in [1.807, 2.05) is 6.07 Å². The number of aryl methyl sites for hydroxylation is 1. The average Bonchev–Trinajstić information content (AvgIpc) is 2.56. The molecular weight excluding hydrogens is 343 g/mol. The minimum Gasteiger partial charge on any atom is -0.324 e. The molecule has 7 heteroatoms. The Morgan fingerprint density at radius 1 is 1.16 bits per heavy atom. The van der Waals surface area contributed by atoms with Gasteiger partial charge in [-0.2, -0.15) is 0 Å². The molecule has 132 valence electrons. The fourth-order valence-electron chi connectivity index (χ4n) is 2.02. The first-order valence-electron chi connectivity index (χ1n) is 7.64. The van der Waals surface area contributed by atoms with E-state index in [0.29, 0.717) is 0 Å². The molecule has 0 heterocycles. The number of halogens is 1. The van der Waals surface area contributed by atoms with Gasteiger partial charge in [-0.05, 0) is 36.3 Å². The molecule has 1 amide bonds. The zero-order valence-electron chi connectivity index (χ0n) is 13.7. The smallest absolute Gasteiger partial charge is 0.233 e. The fraction of sp³-hybridized carbons (Fsp3) is 0.167. The van der Waals surface area contributed by atoms with Crippen LogP contribution in [-0.4, -0.2) is 20.9 Å². The number of hydrogen-bond donors (Lipinski definition) is 2. The van der Waals surface area contributed by atoms with Crippen molar-refractivity contribution in [2.24, 2.45) is 0 Å². The molecule has 0 aliphatic heterocycles. The van der Waals surface area contributed by atoms with Crippen molar-refractivity contribution < 1.29 is 17.6 Å². The standard InChI is InChI=1S/C18H19FN2O3S/c1-14-7-8-17(16(19)13-14)21-18(22)9-11-20-25(23,24)12-10-15-5-3-2-4-6-15/h2-8,10,12-13,20H,9,11H2,1H3,(H,21,22). The second-order valence-corrected chi connectivity index (χ2v) is 7.09. The molecule has 0 bridgehead atoms. The van der Waals surface area contributed by atoms with Crippen LogP contribution in [0, 0.1) is 12.7 Å². The van der Waals surface area contributed by atoms with E-state index in [-0.39, 0.29) is 18.7 Å². The second-order valence-electron chi connectivity index (χ2n) is 5.43. The summed E-state index contributed by atoms with van der Waals surface area (Å²) < 4.78 is 39.6. The Hall–Kier alpha value is -2.51. The van der Waals surface area contributed by atoms with Gasteiger partial charge in [0.1, 0.15) is 5.82 Å². The number of carbonyl (C=O) groups is 1. The highest BCUT2D eigenvalue weighted by Crippen LogP contribution is 2.15. The Bertz CT molecular complexity index is 865. The number of hydrogen-bond acceptors (Lipinski definition) is 3. The van der Waals surface area contributed by atoms with E-state index in [2.05, 4.69) is 10.0 Å². The molecule has 0 aliphatic rings. The minimum atomic E-state index is -3.65. The summed E-state index contributed by atoms with van der Waals surface area (Å²) in [6.45, 7) is 1.66. The van der Waals surface area contributed by atoms with Gasteiger partial charge in [-0.25, -0.2) is 17.5 Å². The molecule has 5 nitrogen and oxygen atoms in total. The van der Waals surface area contributed by atoms with Gasteiger partial charge in [-0.15, -0.1) is 0 Å². The molecule has 0 aromatic heterocycles. The Balaban J connectivity index is 1.82. The fourth-order valence-corrected chi connectivity index (χ4v) is 2.84. The second kappa shape index (κ2) is 8.55. The molecule has 0 aliphatic carbocycles. The van der Waals surface area contributed by atoms with Crippen LogP contribution in [0.3, 0.4) is 0 Å². The molecule has 0 saturated carbocycles. The van der Waals surface area contributed by atoms with Crippen LogP contribution >= 0.6 is 0 Å². The highest BCUT2D eigenvalue weighted by molar-refractivity contribution is 7.92. The summed E-state index contributed by atoms with van der Waals surface area (Å²) in [7, 11) is -3.65. The lowest BCUT2D eigenvalue weighted by atomic mass is 10.2. The van der Waals surface area contributed by atoms with Gasteiger partial charge in [0.2, 0.25) is 15.9 Å². The summed E-state index contributed by atoms with van der Waals surface area (Å²) in [5.41, 5.74) is 1.57. The summed E-state index contributed by atoms with van der Waals surface area (Å²) in [5, 5.41) is 3.46. The number of carbonyl (C=O) groups excluding carboxylic acids is 1. The summed E-state index contributed by atoms with van der Waals surface area (Å²) in [4.78, 5) is 11.8. The highest BCUT2D eigenvalue weighted by atomic mass is 32.2. The van der Waals surface area contributed by atoms with Crippen molar-refractivity contribution in [2.75, 3.05) is 11.9 Å². The van der Waals surface area contributed by atoms with Crippen molar-refractivity contribution in [3.63, 3.8) is 0 Å². The minimum absolute atomic E-state index is 0.0717. The van der Waals surface area contributed by atoms with E-state index >= 15 is 0 Å². The Kier molecular flexibility index (Phi) is 6.44. The lowest BCUT2D eigenvalue weighted by Crippen LogP contribution is -2.26. The summed E-state index contributed by atoms with van der Waals surface area (Å²) in [5.74, 6) is -1.00. The van der Waals surface area contributed by atoms with Crippen molar-refractivity contribution in [2.45, 2.75) is 13.3 Å². The van der Waals surface area contributed by atoms with Crippen molar-refractivity contribution in [1.29, 1.82) is 0 Å². The molecule has 2 rings (SSSR count). The first-order valence-corrected chi connectivity index (χ1v) is 9.19. The molecule has 2 aromatic carbocycles. The quantitative estimate of drug-likeness (QED) is 0.795. The molecule has 0 spiro atoms. The van der Waals surface area contributed by atoms with Crippen molar-refractivity contribution in [3.8, 4) is 0 Å². The van der Waals surface area contributed by atoms with Gasteiger partial charge in [0.25, 0.3) is 0 Å². The predicted molar refractivity (Wildman–Crippen MR) is 96.8 cm³/mol. The lowest BCUT2D eigenvalue weighted by molar-refractivity contribution is -0.116. The van der Waals surface area contributed by atoms with Crippen LogP contribution < -0.4 is 10.0 Å². The third-order valence-electron chi connectivity index (χ3n) is 3.29. The van der Waals surface area contributed by atoms with Crippen molar-refractivity contribution >= 4 is 27.7 Å². The number of nitrogens with one attached hydrogen (secondary N) is 2. The van der Waals surface area contributed by atoms with Gasteiger partial charge in [0, 0.05) is 18.4 Å². The number of sulfonamides is 1. The zero-order chi connectivity index (χ0) is 18.3. The van der Waals surface area contributed by atoms with Gasteiger partial charge in [-0.1, -0.05) is 36.4 Å². The molecule has 2 aromatic rings. The van der Waals surface area contributed by atoms with E-state index < -0.39 is 21.7 Å². The van der Waals surface area contributed by atoms with Gasteiger partial charge in [0.05, 0.1) is 5.69 Å². The monoisotopic (exact) mass is 362 g/mol. The largest absolute Gasteiger partial charge is 0.324 e. The zero-order valence-corrected chi connectivity index (χ0v) is 14.5. The van der Waals surface area contributed by atoms with Gasteiger partial charge in [-0.3, -0.25) is 4.79 Å². The number of rotatable bonds is 7. The van der Waals surface area contributed by atoms with Crippen LogP contribution in [-0.2, 0) is 14.8 Å². The molecule has 0 fully saturated rings. The lowest BCUT2D eigenvalue weighted by Gasteiger charge is -2.07. The molecule has 25 heavy (non-hydrogen) atoms. The summed E-state index contributed by atoms with van der Waals surface area (Å²) >= 11 is 0. The number of amides is 1. The molecular formula is C18H19FN2O3S. The van der Waals surface area contributed by atoms with E-state index in [1.54, 1.807) is 37.3 Å². The summed E-state index contributed by atoms with van der Waals surface area (Å²) in [6.07, 6.45) is 1.36. The average molecular weight is 362 g/mol. The topological polar surface area (TPSA) is 75.3 Å². The summed E-state index contributed by atoms with van der Waals surface area (Å²) in [6, 6.07) is 13.4. The third kappa shape index (κ3) is 6.48. The molecule has 2 N–H and O–H groups in total. The van der Waals surface area contributed by atoms with Gasteiger partial charge >= 0.3 is 0 Å². The SMILES string of the molecule is Cc1ccc(NC(=O)CCNS(=O)(=O)C=Cc2ccccc2)c(F)c1. The molecule has 0 saturated heterocycles. The maximum Gasteiger partial charge on any atom is 0.233 e. The van der Waals surface area contributed by atoms with E-state index in [1.165, 1.54) is 18.2 Å². The predicted octanol–water partition coefficient (Wildman–Crippen LogP) is 3.05. The first-order chi connectivity index (χ1) is 11.9. The van der Waals surface area contributed by atoms with Crippen molar-refractivity contribution in [1.82, 2.24) is 4.72 Å². The Morgan fingerprint density at radius 2 is 1.88 bits per heavy atom. The van der Waals surface area contributed by atoms with Crippen LogP contribution in [0.25, 0.3) is 6.08 Å². The molecule has 0 unspecified atom stereocenters. The van der Waals surface area contributed by atoms with Crippen molar-refractivity contribution in [3.05, 3.63) is 70.9 Å². The maximum atomic E-state index is 13.6. The number of anilines is 1. The normalized spacial score (nSPS) is 11.6. The van der Waals surface area contributed by atoms with Crippen LogP contribution in [0.15, 0.2) is 53.9 Å². The van der Waals surface area contributed by atoms with Crippen LogP contribution in [0.4, 0.5) is 10.1 Å².